The van der Waals surface area contributed by atoms with E-state index < -0.39 is 5.97 Å². The van der Waals surface area contributed by atoms with Crippen molar-refractivity contribution in [3.05, 3.63) is 30.2 Å². The molecule has 0 bridgehead atoms. The summed E-state index contributed by atoms with van der Waals surface area (Å²) in [4.78, 5) is 29.0. The van der Waals surface area contributed by atoms with Crippen molar-refractivity contribution in [3.8, 4) is 5.75 Å². The van der Waals surface area contributed by atoms with E-state index in [1.807, 2.05) is 0 Å². The molecule has 2 aromatic rings. The molecule has 1 amide bonds. The predicted molar refractivity (Wildman–Crippen MR) is 73.1 cm³/mol. The maximum absolute atomic E-state index is 12.4. The fourth-order valence-electron chi connectivity index (χ4n) is 2.59. The third-order valence-corrected chi connectivity index (χ3v) is 3.81. The van der Waals surface area contributed by atoms with Gasteiger partial charge in [0.25, 0.3) is 5.91 Å². The minimum absolute atomic E-state index is 0.0149. The molecule has 2 N–H and O–H groups in total. The lowest BCUT2D eigenvalue weighted by Crippen LogP contribution is -2.40. The van der Waals surface area contributed by atoms with Gasteiger partial charge in [0, 0.05) is 25.5 Å². The van der Waals surface area contributed by atoms with Gasteiger partial charge in [0.05, 0.1) is 5.92 Å². The SMILES string of the molecule is O=C(O)C1CCN(C(=O)c2cn3cccc(O)c3n2)CC1. The van der Waals surface area contributed by atoms with Gasteiger partial charge in [0.2, 0.25) is 0 Å². The van der Waals surface area contributed by atoms with Crippen LogP contribution in [0.2, 0.25) is 0 Å². The Morgan fingerprint density at radius 1 is 1.29 bits per heavy atom. The number of hydrogen-bond acceptors (Lipinski definition) is 4. The largest absolute Gasteiger partial charge is 0.504 e. The Morgan fingerprint density at radius 3 is 2.62 bits per heavy atom. The lowest BCUT2D eigenvalue weighted by atomic mass is 9.97. The number of aromatic nitrogens is 2. The molecule has 0 spiro atoms. The zero-order valence-electron chi connectivity index (χ0n) is 11.3. The molecule has 0 radical (unpaired) electrons. The molecular weight excluding hydrogens is 274 g/mol. The minimum atomic E-state index is -0.806. The summed E-state index contributed by atoms with van der Waals surface area (Å²) in [5.41, 5.74) is 0.589. The van der Waals surface area contributed by atoms with Crippen LogP contribution in [0.5, 0.6) is 5.75 Å². The highest BCUT2D eigenvalue weighted by Crippen LogP contribution is 2.21. The highest BCUT2D eigenvalue weighted by molar-refractivity contribution is 5.93. The maximum atomic E-state index is 12.4. The second-order valence-electron chi connectivity index (χ2n) is 5.16. The van der Waals surface area contributed by atoms with Crippen LogP contribution in [0, 0.1) is 5.92 Å². The quantitative estimate of drug-likeness (QED) is 0.859. The average Bonchev–Trinajstić information content (AvgIpc) is 2.92. The fourth-order valence-corrected chi connectivity index (χ4v) is 2.59. The lowest BCUT2D eigenvalue weighted by Gasteiger charge is -2.29. The molecular formula is C14H15N3O4. The van der Waals surface area contributed by atoms with E-state index in [-0.39, 0.29) is 23.3 Å². The summed E-state index contributed by atoms with van der Waals surface area (Å²) in [6.45, 7) is 0.825. The summed E-state index contributed by atoms with van der Waals surface area (Å²) in [6, 6.07) is 3.17. The first-order chi connectivity index (χ1) is 10.1. The summed E-state index contributed by atoms with van der Waals surface area (Å²) in [6.07, 6.45) is 4.19. The van der Waals surface area contributed by atoms with Gasteiger partial charge in [-0.05, 0) is 25.0 Å². The van der Waals surface area contributed by atoms with Crippen LogP contribution >= 0.6 is 0 Å². The van der Waals surface area contributed by atoms with E-state index in [0.29, 0.717) is 31.6 Å². The van der Waals surface area contributed by atoms with Crippen LogP contribution in [-0.2, 0) is 4.79 Å². The molecule has 0 unspecified atom stereocenters. The van der Waals surface area contributed by atoms with Crippen LogP contribution in [0.15, 0.2) is 24.5 Å². The Labute approximate surface area is 120 Å². The standard InChI is InChI=1S/C14H15N3O4/c18-11-2-1-5-17-8-10(15-12(11)17)13(19)16-6-3-9(4-7-16)14(20)21/h1-2,5,8-9,18H,3-4,6-7H2,(H,20,21). The number of imidazole rings is 1. The zero-order valence-corrected chi connectivity index (χ0v) is 11.3. The van der Waals surface area contributed by atoms with Gasteiger partial charge in [0.15, 0.2) is 11.4 Å². The van der Waals surface area contributed by atoms with E-state index in [0.717, 1.165) is 0 Å². The van der Waals surface area contributed by atoms with Gasteiger partial charge in [-0.2, -0.15) is 0 Å². The first-order valence-electron chi connectivity index (χ1n) is 6.75. The molecule has 2 aromatic heterocycles. The van der Waals surface area contributed by atoms with Crippen molar-refractivity contribution >= 4 is 17.5 Å². The smallest absolute Gasteiger partial charge is 0.306 e. The Morgan fingerprint density at radius 2 is 2.00 bits per heavy atom. The zero-order chi connectivity index (χ0) is 15.0. The van der Waals surface area contributed by atoms with E-state index in [1.165, 1.54) is 6.07 Å². The second-order valence-corrected chi connectivity index (χ2v) is 5.16. The number of carboxylic acids is 1. The molecule has 0 aromatic carbocycles. The van der Waals surface area contributed by atoms with Crippen molar-refractivity contribution < 1.29 is 19.8 Å². The van der Waals surface area contributed by atoms with Crippen molar-refractivity contribution in [2.45, 2.75) is 12.8 Å². The molecule has 7 nitrogen and oxygen atoms in total. The molecule has 0 aliphatic carbocycles. The number of likely N-dealkylation sites (tertiary alicyclic amines) is 1. The summed E-state index contributed by atoms with van der Waals surface area (Å²) in [7, 11) is 0. The molecule has 0 saturated carbocycles. The van der Waals surface area contributed by atoms with Crippen LogP contribution in [0.4, 0.5) is 0 Å². The Balaban J connectivity index is 1.78. The number of rotatable bonds is 2. The van der Waals surface area contributed by atoms with E-state index >= 15 is 0 Å². The summed E-state index contributed by atoms with van der Waals surface area (Å²) >= 11 is 0. The van der Waals surface area contributed by atoms with Gasteiger partial charge in [-0.3, -0.25) is 9.59 Å². The van der Waals surface area contributed by atoms with E-state index in [1.54, 1.807) is 27.8 Å². The minimum Gasteiger partial charge on any atom is -0.504 e. The maximum Gasteiger partial charge on any atom is 0.306 e. The monoisotopic (exact) mass is 289 g/mol. The van der Waals surface area contributed by atoms with Crippen molar-refractivity contribution in [2.75, 3.05) is 13.1 Å². The van der Waals surface area contributed by atoms with Gasteiger partial charge < -0.3 is 19.5 Å². The molecule has 110 valence electrons. The van der Waals surface area contributed by atoms with Crippen LogP contribution in [0.25, 0.3) is 5.65 Å². The van der Waals surface area contributed by atoms with Gasteiger partial charge in [-0.1, -0.05) is 0 Å². The average molecular weight is 289 g/mol. The molecule has 1 fully saturated rings. The Kier molecular flexibility index (Phi) is 3.25. The highest BCUT2D eigenvalue weighted by Gasteiger charge is 2.28. The predicted octanol–water partition coefficient (Wildman–Crippen LogP) is 0.977. The van der Waals surface area contributed by atoms with E-state index in [4.69, 9.17) is 5.11 Å². The molecule has 0 atom stereocenters. The number of pyridine rings is 1. The van der Waals surface area contributed by atoms with E-state index in [2.05, 4.69) is 4.98 Å². The fraction of sp³-hybridized carbons (Fsp3) is 0.357. The van der Waals surface area contributed by atoms with Crippen LogP contribution < -0.4 is 0 Å². The molecule has 1 saturated heterocycles. The number of fused-ring (bicyclic) bond motifs is 1. The number of nitrogens with zero attached hydrogens (tertiary/aromatic N) is 3. The molecule has 1 aliphatic rings. The lowest BCUT2D eigenvalue weighted by molar-refractivity contribution is -0.143. The number of carbonyl (C=O) groups excluding carboxylic acids is 1. The number of hydrogen-bond donors (Lipinski definition) is 2. The number of aromatic hydroxyl groups is 1. The number of carbonyl (C=O) groups is 2. The molecule has 7 heteroatoms. The van der Waals surface area contributed by atoms with Crippen LogP contribution in [0.1, 0.15) is 23.3 Å². The second kappa shape index (κ2) is 5.08. The van der Waals surface area contributed by atoms with Gasteiger partial charge in [-0.15, -0.1) is 0 Å². The van der Waals surface area contributed by atoms with E-state index in [9.17, 15) is 14.7 Å². The van der Waals surface area contributed by atoms with Gasteiger partial charge in [-0.25, -0.2) is 4.98 Å². The number of carboxylic acid groups (broad SMARTS) is 1. The Bertz CT molecular complexity index is 701. The number of aliphatic carboxylic acids is 1. The first-order valence-corrected chi connectivity index (χ1v) is 6.75. The normalized spacial score (nSPS) is 16.3. The van der Waals surface area contributed by atoms with Crippen molar-refractivity contribution in [2.24, 2.45) is 5.92 Å². The van der Waals surface area contributed by atoms with Crippen molar-refractivity contribution in [1.29, 1.82) is 0 Å². The topological polar surface area (TPSA) is 95.1 Å². The molecule has 21 heavy (non-hydrogen) atoms. The Hall–Kier alpha value is -2.57. The van der Waals surface area contributed by atoms with Gasteiger partial charge in [0.1, 0.15) is 5.69 Å². The van der Waals surface area contributed by atoms with Crippen molar-refractivity contribution in [3.63, 3.8) is 0 Å². The number of piperidine rings is 1. The van der Waals surface area contributed by atoms with Crippen molar-refractivity contribution in [1.82, 2.24) is 14.3 Å². The molecule has 1 aliphatic heterocycles. The third-order valence-electron chi connectivity index (χ3n) is 3.81. The molecule has 3 heterocycles. The first kappa shape index (κ1) is 13.4. The molecule has 3 rings (SSSR count). The van der Waals surface area contributed by atoms with Crippen LogP contribution in [0.3, 0.4) is 0 Å². The summed E-state index contributed by atoms with van der Waals surface area (Å²) in [5.74, 6) is -1.40. The number of amides is 1. The summed E-state index contributed by atoms with van der Waals surface area (Å²) in [5, 5.41) is 18.7. The van der Waals surface area contributed by atoms with Gasteiger partial charge >= 0.3 is 5.97 Å². The highest BCUT2D eigenvalue weighted by atomic mass is 16.4. The third kappa shape index (κ3) is 2.42. The van der Waals surface area contributed by atoms with Crippen LogP contribution in [-0.4, -0.2) is 49.5 Å². The summed E-state index contributed by atoms with van der Waals surface area (Å²) < 4.78 is 1.59.